The van der Waals surface area contributed by atoms with Crippen LogP contribution >= 0.6 is 0 Å². The maximum atomic E-state index is 15.8. The summed E-state index contributed by atoms with van der Waals surface area (Å²) in [6, 6.07) is 4.05. The van der Waals surface area contributed by atoms with Crippen LogP contribution in [0.15, 0.2) is 77.6 Å². The summed E-state index contributed by atoms with van der Waals surface area (Å²) < 4.78 is 52.3. The van der Waals surface area contributed by atoms with Crippen molar-refractivity contribution in [3.63, 3.8) is 0 Å². The Labute approximate surface area is 219 Å². The Balaban J connectivity index is 1.94. The van der Waals surface area contributed by atoms with E-state index in [0.29, 0.717) is 19.4 Å². The quantitative estimate of drug-likeness (QED) is 0.285. The first-order valence-electron chi connectivity index (χ1n) is 12.1. The molecule has 2 heterocycles. The molecule has 0 spiro atoms. The highest BCUT2D eigenvalue weighted by atomic mass is 32.2. The van der Waals surface area contributed by atoms with Crippen LogP contribution < -0.4 is 9.46 Å². The van der Waals surface area contributed by atoms with Crippen molar-refractivity contribution in [2.45, 2.75) is 50.8 Å². The number of aromatic nitrogens is 1. The lowest BCUT2D eigenvalue weighted by Gasteiger charge is -2.36. The maximum Gasteiger partial charge on any atom is 0.230 e. The van der Waals surface area contributed by atoms with Gasteiger partial charge < -0.3 is 14.4 Å². The van der Waals surface area contributed by atoms with E-state index in [-0.39, 0.29) is 22.0 Å². The highest BCUT2D eigenvalue weighted by molar-refractivity contribution is 8.01. The number of anilines is 1. The van der Waals surface area contributed by atoms with E-state index >= 15 is 8.78 Å². The molecule has 0 amide bonds. The number of ether oxygens (including phenoxy) is 1. The average molecular weight is 528 g/mol. The Morgan fingerprint density at radius 1 is 1.38 bits per heavy atom. The number of nitrogens with zero attached hydrogens (tertiary/aromatic N) is 2. The van der Waals surface area contributed by atoms with Gasteiger partial charge in [-0.3, -0.25) is 0 Å². The number of benzene rings is 1. The van der Waals surface area contributed by atoms with E-state index in [9.17, 15) is 4.21 Å². The van der Waals surface area contributed by atoms with Crippen LogP contribution in [0.25, 0.3) is 0 Å². The molecule has 2 aromatic rings. The number of rotatable bonds is 9. The third-order valence-corrected chi connectivity index (χ3v) is 8.14. The Kier molecular flexibility index (Phi) is 8.97. The number of piperidine rings is 1. The predicted molar refractivity (Wildman–Crippen MR) is 149 cm³/mol. The van der Waals surface area contributed by atoms with Gasteiger partial charge in [-0.1, -0.05) is 25.3 Å². The molecule has 1 aliphatic heterocycles. The molecular formula is C29H35F2N3O2S. The van der Waals surface area contributed by atoms with E-state index < -0.39 is 27.3 Å². The number of nitrogens with one attached hydrogen (secondary N) is 1. The van der Waals surface area contributed by atoms with Crippen molar-refractivity contribution in [3.8, 4) is 5.88 Å². The van der Waals surface area contributed by atoms with Crippen molar-refractivity contribution in [1.29, 1.82) is 0 Å². The lowest BCUT2D eigenvalue weighted by molar-refractivity contribution is 0.328. The molecule has 1 N–H and O–H groups in total. The summed E-state index contributed by atoms with van der Waals surface area (Å²) in [5.41, 5.74) is 3.70. The monoisotopic (exact) mass is 527 g/mol. The molecule has 1 saturated heterocycles. The van der Waals surface area contributed by atoms with E-state index in [1.54, 1.807) is 25.4 Å². The fourth-order valence-electron chi connectivity index (χ4n) is 4.51. The fraction of sp³-hybridized carbons (Fsp3) is 0.310. The lowest BCUT2D eigenvalue weighted by atomic mass is 9.86. The SMILES string of the molecule is C=CN1CC(c2c(F)ccc(NS(=C)(=O)c3cc(C)cnc3OC)c2F)CC/C1=C(/C)C(=C)C/C=C\C. The second-order valence-corrected chi connectivity index (χ2v) is 11.1. The number of hydrogen-bond acceptors (Lipinski definition) is 4. The van der Waals surface area contributed by atoms with Crippen molar-refractivity contribution < 1.29 is 17.7 Å². The van der Waals surface area contributed by atoms with Crippen molar-refractivity contribution in [1.82, 2.24) is 9.88 Å². The van der Waals surface area contributed by atoms with Crippen LogP contribution in [0.4, 0.5) is 14.5 Å². The Hall–Kier alpha value is -3.39. The van der Waals surface area contributed by atoms with Crippen LogP contribution in [-0.4, -0.2) is 33.6 Å². The highest BCUT2D eigenvalue weighted by Gasteiger charge is 2.30. The van der Waals surface area contributed by atoms with E-state index in [1.165, 1.54) is 19.2 Å². The number of methoxy groups -OCH3 is 1. The first kappa shape index (κ1) is 28.2. The minimum atomic E-state index is -3.26. The molecule has 2 atom stereocenters. The number of likely N-dealkylation sites (tertiary alicyclic amines) is 1. The van der Waals surface area contributed by atoms with Gasteiger partial charge in [0.25, 0.3) is 0 Å². The zero-order chi connectivity index (χ0) is 27.3. The Morgan fingerprint density at radius 3 is 2.76 bits per heavy atom. The zero-order valence-electron chi connectivity index (χ0n) is 21.9. The molecule has 1 aromatic carbocycles. The van der Waals surface area contributed by atoms with Gasteiger partial charge in [0.1, 0.15) is 10.7 Å². The number of aryl methyl sites for hydroxylation is 1. The Bertz CT molecular complexity index is 1360. The van der Waals surface area contributed by atoms with Crippen molar-refractivity contribution in [2.75, 3.05) is 18.4 Å². The van der Waals surface area contributed by atoms with E-state index in [1.807, 2.05) is 30.9 Å². The summed E-state index contributed by atoms with van der Waals surface area (Å²) in [4.78, 5) is 6.28. The van der Waals surface area contributed by atoms with Gasteiger partial charge >= 0.3 is 0 Å². The molecule has 198 valence electrons. The fourth-order valence-corrected chi connectivity index (χ4v) is 5.93. The normalized spacial score (nSPS) is 18.9. The lowest BCUT2D eigenvalue weighted by Crippen LogP contribution is -2.30. The van der Waals surface area contributed by atoms with E-state index in [0.717, 1.165) is 28.8 Å². The summed E-state index contributed by atoms with van der Waals surface area (Å²) in [7, 11) is -1.86. The maximum absolute atomic E-state index is 15.8. The molecule has 0 radical (unpaired) electrons. The first-order chi connectivity index (χ1) is 17.5. The molecule has 1 fully saturated rings. The van der Waals surface area contributed by atoms with Gasteiger partial charge in [0.05, 0.1) is 22.5 Å². The molecule has 8 heteroatoms. The predicted octanol–water partition coefficient (Wildman–Crippen LogP) is 6.90. The van der Waals surface area contributed by atoms with Crippen LogP contribution in [0.5, 0.6) is 5.88 Å². The summed E-state index contributed by atoms with van der Waals surface area (Å²) >= 11 is 0. The van der Waals surface area contributed by atoms with Gasteiger partial charge in [-0.2, -0.15) is 0 Å². The zero-order valence-corrected chi connectivity index (χ0v) is 22.8. The molecule has 5 nitrogen and oxygen atoms in total. The standard InChI is InChI=1S/C29H35F2N3O2S/c1-8-10-11-20(4)21(5)25-15-12-22(18-34(25)9-2)27-23(30)13-14-24(28(27)31)33-37(7,35)26-16-19(3)17-32-29(26)36-6/h8-10,13-14,16-17,22H,2,4,7,11-12,15,18H2,1,3,5-6H3,(H,33,35)/b10-8-,25-21+. The highest BCUT2D eigenvalue weighted by Crippen LogP contribution is 2.39. The van der Waals surface area contributed by atoms with Crippen LogP contribution in [0.1, 0.15) is 50.2 Å². The first-order valence-corrected chi connectivity index (χ1v) is 13.8. The number of halogens is 2. The van der Waals surface area contributed by atoms with Crippen LogP contribution in [-0.2, 0) is 9.71 Å². The smallest absolute Gasteiger partial charge is 0.230 e. The van der Waals surface area contributed by atoms with Gasteiger partial charge in [0, 0.05) is 29.9 Å². The second-order valence-electron chi connectivity index (χ2n) is 9.14. The molecule has 0 bridgehead atoms. The number of pyridine rings is 1. The molecule has 3 rings (SSSR count). The summed E-state index contributed by atoms with van der Waals surface area (Å²) in [6.07, 6.45) is 9.18. The van der Waals surface area contributed by atoms with E-state index in [2.05, 4.69) is 28.7 Å². The Morgan fingerprint density at radius 2 is 2.11 bits per heavy atom. The second kappa shape index (κ2) is 11.8. The van der Waals surface area contributed by atoms with Gasteiger partial charge in [-0.25, -0.2) is 18.0 Å². The average Bonchev–Trinajstić information content (AvgIpc) is 2.88. The molecule has 0 saturated carbocycles. The van der Waals surface area contributed by atoms with Gasteiger partial charge in [-0.15, -0.1) is 0 Å². The van der Waals surface area contributed by atoms with Crippen LogP contribution in [0, 0.1) is 18.6 Å². The molecule has 2 unspecified atom stereocenters. The topological polar surface area (TPSA) is 54.5 Å². The summed E-state index contributed by atoms with van der Waals surface area (Å²) in [6.45, 7) is 14.2. The van der Waals surface area contributed by atoms with Crippen LogP contribution in [0.2, 0.25) is 0 Å². The van der Waals surface area contributed by atoms with Gasteiger partial charge in [0.15, 0.2) is 5.82 Å². The van der Waals surface area contributed by atoms with Crippen molar-refractivity contribution in [3.05, 3.63) is 95.5 Å². The largest absolute Gasteiger partial charge is 0.480 e. The molecule has 37 heavy (non-hydrogen) atoms. The van der Waals surface area contributed by atoms with Crippen LogP contribution in [0.3, 0.4) is 0 Å². The van der Waals surface area contributed by atoms with Gasteiger partial charge in [0.2, 0.25) is 5.88 Å². The third kappa shape index (κ3) is 6.13. The molecule has 1 aliphatic rings. The number of allylic oxidation sites excluding steroid dienone is 5. The van der Waals surface area contributed by atoms with Crippen molar-refractivity contribution >= 4 is 21.3 Å². The van der Waals surface area contributed by atoms with Crippen molar-refractivity contribution in [2.24, 2.45) is 0 Å². The van der Waals surface area contributed by atoms with E-state index in [4.69, 9.17) is 4.74 Å². The van der Waals surface area contributed by atoms with Gasteiger partial charge in [-0.05, 0) is 87.0 Å². The number of hydrogen-bond donors (Lipinski definition) is 1. The molecular weight excluding hydrogens is 492 g/mol. The minimum Gasteiger partial charge on any atom is -0.480 e. The molecule has 0 aliphatic carbocycles. The summed E-state index contributed by atoms with van der Waals surface area (Å²) in [5.74, 6) is 2.04. The minimum absolute atomic E-state index is 0.0502. The summed E-state index contributed by atoms with van der Waals surface area (Å²) in [5, 5.41) is 0. The molecule has 1 aromatic heterocycles. The third-order valence-electron chi connectivity index (χ3n) is 6.59.